The Bertz CT molecular complexity index is 1760. The molecule has 3 N–H and O–H groups in total. The lowest BCUT2D eigenvalue weighted by molar-refractivity contribution is -0.118. The van der Waals surface area contributed by atoms with Crippen LogP contribution < -0.4 is 15.4 Å². The predicted octanol–water partition coefficient (Wildman–Crippen LogP) is 5.92. The van der Waals surface area contributed by atoms with E-state index >= 15 is 8.78 Å². The fourth-order valence-corrected chi connectivity index (χ4v) is 6.50. The molecule has 0 aromatic heterocycles. The van der Waals surface area contributed by atoms with Crippen molar-refractivity contribution >= 4 is 50.7 Å². The van der Waals surface area contributed by atoms with Crippen molar-refractivity contribution in [3.8, 4) is 6.07 Å². The third-order valence-corrected chi connectivity index (χ3v) is 8.51. The highest BCUT2D eigenvalue weighted by molar-refractivity contribution is 7.89. The van der Waals surface area contributed by atoms with Crippen LogP contribution in [0.5, 0.6) is 0 Å². The first-order chi connectivity index (χ1) is 20.5. The summed E-state index contributed by atoms with van der Waals surface area (Å²) in [5.74, 6) is -4.39. The largest absolute Gasteiger partial charge is 0.325 e. The molecule has 3 aromatic rings. The zero-order chi connectivity index (χ0) is 32.6. The molecule has 1 saturated heterocycles. The fourth-order valence-electron chi connectivity index (χ4n) is 5.71. The van der Waals surface area contributed by atoms with Crippen molar-refractivity contribution in [3.63, 3.8) is 0 Å². The Kier molecular flexibility index (Phi) is 9.43. The van der Waals surface area contributed by atoms with Crippen molar-refractivity contribution < 1.29 is 26.8 Å². The summed E-state index contributed by atoms with van der Waals surface area (Å²) >= 11 is 12.2. The lowest BCUT2D eigenvalue weighted by Crippen LogP contribution is -2.45. The van der Waals surface area contributed by atoms with Crippen LogP contribution in [-0.4, -0.2) is 38.6 Å². The van der Waals surface area contributed by atoms with E-state index in [1.165, 1.54) is 54.6 Å². The second-order valence-electron chi connectivity index (χ2n) is 12.0. The Morgan fingerprint density at radius 2 is 1.73 bits per heavy atom. The predicted molar refractivity (Wildman–Crippen MR) is 165 cm³/mol. The standard InChI is InChI=1S/C31H30Cl2F2N4O4S/c1-30(2,3)15-24-31(16-36,21-13-10-18(32)14-23(21)34)25(20-6-5-7-22(33)26(20)35)27(38-24)29(41)37-19-11-8-17(9-12-19)28(40)39-44(4,42)43/h5-14,24-25,27,38H,15H2,1-4H3,(H,37,41)(H,39,40). The van der Waals surface area contributed by atoms with Crippen LogP contribution in [0.4, 0.5) is 14.5 Å². The summed E-state index contributed by atoms with van der Waals surface area (Å²) in [4.78, 5) is 26.2. The van der Waals surface area contributed by atoms with Crippen molar-refractivity contribution in [1.29, 1.82) is 5.26 Å². The number of nitrogens with one attached hydrogen (secondary N) is 3. The average molecular weight is 664 g/mol. The molecule has 13 heteroatoms. The van der Waals surface area contributed by atoms with Gasteiger partial charge < -0.3 is 10.6 Å². The second kappa shape index (κ2) is 12.4. The van der Waals surface area contributed by atoms with E-state index in [1.54, 1.807) is 0 Å². The summed E-state index contributed by atoms with van der Waals surface area (Å²) in [6.45, 7) is 5.79. The number of rotatable bonds is 7. The lowest BCUT2D eigenvalue weighted by atomic mass is 9.62. The van der Waals surface area contributed by atoms with Gasteiger partial charge in [-0.05, 0) is 59.9 Å². The quantitative estimate of drug-likeness (QED) is 0.288. The maximum atomic E-state index is 15.8. The fraction of sp³-hybridized carbons (Fsp3) is 0.323. The summed E-state index contributed by atoms with van der Waals surface area (Å²) in [7, 11) is -3.79. The first-order valence-electron chi connectivity index (χ1n) is 13.5. The second-order valence-corrected chi connectivity index (χ2v) is 14.5. The summed E-state index contributed by atoms with van der Waals surface area (Å²) in [6.07, 6.45) is 1.15. The van der Waals surface area contributed by atoms with Gasteiger partial charge in [0.2, 0.25) is 15.9 Å². The molecule has 1 aliphatic heterocycles. The van der Waals surface area contributed by atoms with Crippen LogP contribution in [0.15, 0.2) is 60.7 Å². The van der Waals surface area contributed by atoms with Crippen LogP contribution >= 0.6 is 23.2 Å². The average Bonchev–Trinajstić information content (AvgIpc) is 3.22. The molecule has 2 amide bonds. The molecular weight excluding hydrogens is 633 g/mol. The third kappa shape index (κ3) is 6.89. The number of halogens is 4. The number of amides is 2. The van der Waals surface area contributed by atoms with Crippen LogP contribution in [0, 0.1) is 28.4 Å². The van der Waals surface area contributed by atoms with E-state index in [1.807, 2.05) is 25.5 Å². The topological polar surface area (TPSA) is 128 Å². The minimum Gasteiger partial charge on any atom is -0.325 e. The number of hydrogen-bond donors (Lipinski definition) is 3. The lowest BCUT2D eigenvalue weighted by Gasteiger charge is -2.37. The van der Waals surface area contributed by atoms with Crippen LogP contribution in [0.2, 0.25) is 10.0 Å². The molecule has 8 nitrogen and oxygen atoms in total. The smallest absolute Gasteiger partial charge is 0.264 e. The molecule has 4 unspecified atom stereocenters. The monoisotopic (exact) mass is 662 g/mol. The summed E-state index contributed by atoms with van der Waals surface area (Å²) in [5, 5.41) is 16.7. The van der Waals surface area contributed by atoms with E-state index in [4.69, 9.17) is 23.2 Å². The molecule has 0 aliphatic carbocycles. The molecule has 0 saturated carbocycles. The van der Waals surface area contributed by atoms with Crippen molar-refractivity contribution in [1.82, 2.24) is 10.0 Å². The molecule has 44 heavy (non-hydrogen) atoms. The SMILES string of the molecule is CC(C)(C)CC1NC(C(=O)Nc2ccc(C(=O)NS(C)(=O)=O)cc2)C(c2cccc(Cl)c2F)C1(C#N)c1ccc(Cl)cc1F. The highest BCUT2D eigenvalue weighted by Gasteiger charge is 2.61. The molecule has 3 aromatic carbocycles. The van der Waals surface area contributed by atoms with Crippen LogP contribution in [0.25, 0.3) is 0 Å². The van der Waals surface area contributed by atoms with Gasteiger partial charge in [0.25, 0.3) is 5.91 Å². The van der Waals surface area contributed by atoms with E-state index in [2.05, 4.69) is 16.7 Å². The molecule has 0 radical (unpaired) electrons. The first kappa shape index (κ1) is 33.3. The molecule has 1 fully saturated rings. The number of nitrogens with zero attached hydrogens (tertiary/aromatic N) is 1. The van der Waals surface area contributed by atoms with Gasteiger partial charge in [-0.2, -0.15) is 5.26 Å². The number of carbonyl (C=O) groups is 2. The van der Waals surface area contributed by atoms with Crippen molar-refractivity contribution in [3.05, 3.63) is 99.0 Å². The Hall–Kier alpha value is -3.56. The number of carbonyl (C=O) groups excluding carboxylic acids is 2. The molecule has 0 spiro atoms. The van der Waals surface area contributed by atoms with Gasteiger partial charge in [0.15, 0.2) is 0 Å². The molecule has 4 atom stereocenters. The van der Waals surface area contributed by atoms with E-state index in [9.17, 15) is 23.3 Å². The maximum absolute atomic E-state index is 15.8. The maximum Gasteiger partial charge on any atom is 0.264 e. The number of anilines is 1. The number of sulfonamides is 1. The minimum atomic E-state index is -3.79. The van der Waals surface area contributed by atoms with Crippen molar-refractivity contribution in [2.75, 3.05) is 11.6 Å². The van der Waals surface area contributed by atoms with Crippen molar-refractivity contribution in [2.45, 2.75) is 50.6 Å². The summed E-state index contributed by atoms with van der Waals surface area (Å²) < 4.78 is 56.2. The Labute approximate surface area is 264 Å². The van der Waals surface area contributed by atoms with Gasteiger partial charge in [-0.25, -0.2) is 21.9 Å². The summed E-state index contributed by atoms with van der Waals surface area (Å²) in [6, 6.07) is 13.8. The number of nitriles is 1. The van der Waals surface area contributed by atoms with Crippen LogP contribution in [0.3, 0.4) is 0 Å². The molecule has 4 rings (SSSR count). The minimum absolute atomic E-state index is 0.0262. The van der Waals surface area contributed by atoms with Gasteiger partial charge in [0.05, 0.1) is 23.4 Å². The molecule has 1 aliphatic rings. The van der Waals surface area contributed by atoms with Gasteiger partial charge in [-0.3, -0.25) is 9.59 Å². The Morgan fingerprint density at radius 1 is 1.07 bits per heavy atom. The molecular formula is C31H30Cl2F2N4O4S. The highest BCUT2D eigenvalue weighted by Crippen LogP contribution is 2.52. The van der Waals surface area contributed by atoms with E-state index in [0.717, 1.165) is 12.3 Å². The van der Waals surface area contributed by atoms with E-state index in [0.29, 0.717) is 6.42 Å². The van der Waals surface area contributed by atoms with E-state index in [-0.39, 0.29) is 32.4 Å². The van der Waals surface area contributed by atoms with Gasteiger partial charge in [-0.1, -0.05) is 62.2 Å². The first-order valence-corrected chi connectivity index (χ1v) is 16.1. The van der Waals surface area contributed by atoms with Gasteiger partial charge in [0, 0.05) is 33.8 Å². The molecule has 232 valence electrons. The third-order valence-electron chi connectivity index (χ3n) is 7.42. The van der Waals surface area contributed by atoms with Gasteiger partial charge >= 0.3 is 0 Å². The van der Waals surface area contributed by atoms with Crippen molar-refractivity contribution in [2.24, 2.45) is 5.41 Å². The van der Waals surface area contributed by atoms with Crippen LogP contribution in [0.1, 0.15) is 54.6 Å². The molecule has 1 heterocycles. The zero-order valence-corrected chi connectivity index (χ0v) is 26.5. The number of benzene rings is 3. The highest BCUT2D eigenvalue weighted by atomic mass is 35.5. The zero-order valence-electron chi connectivity index (χ0n) is 24.2. The number of hydrogen-bond acceptors (Lipinski definition) is 6. The van der Waals surface area contributed by atoms with Crippen LogP contribution in [-0.2, 0) is 20.2 Å². The Morgan fingerprint density at radius 3 is 2.30 bits per heavy atom. The summed E-state index contributed by atoms with van der Waals surface area (Å²) in [5.41, 5.74) is -2.04. The Balaban J connectivity index is 1.84. The normalized spacial score (nSPS) is 21.8. The van der Waals surface area contributed by atoms with Gasteiger partial charge in [0.1, 0.15) is 17.0 Å². The molecule has 0 bridgehead atoms. The van der Waals surface area contributed by atoms with E-state index < -0.39 is 62.3 Å². The van der Waals surface area contributed by atoms with Gasteiger partial charge in [-0.15, -0.1) is 0 Å².